The van der Waals surface area contributed by atoms with Crippen LogP contribution in [0.25, 0.3) is 0 Å². The lowest BCUT2D eigenvalue weighted by Gasteiger charge is -2.39. The van der Waals surface area contributed by atoms with Crippen molar-refractivity contribution in [2.45, 2.75) is 189 Å². The number of hydrogen-bond donors (Lipinski definition) is 0. The monoisotopic (exact) mass is 785 g/mol. The maximum Gasteiger partial charge on any atom is 0.705 e. The van der Waals surface area contributed by atoms with E-state index in [1.165, 1.54) is 128 Å². The van der Waals surface area contributed by atoms with Crippen LogP contribution in [0.15, 0.2) is 30.3 Å². The lowest BCUT2D eigenvalue weighted by Crippen LogP contribution is -2.61. The van der Waals surface area contributed by atoms with Gasteiger partial charge >= 0.3 is 6.03 Å². The third-order valence-electron chi connectivity index (χ3n) is 16.7. The minimum absolute atomic E-state index is 0.0209. The predicted octanol–water partition coefficient (Wildman–Crippen LogP) is 10.9. The van der Waals surface area contributed by atoms with E-state index in [1.807, 2.05) is 0 Å². The summed E-state index contributed by atoms with van der Waals surface area (Å²) in [5.41, 5.74) is 6.05. The van der Waals surface area contributed by atoms with Crippen LogP contribution in [0.2, 0.25) is 0 Å². The molecule has 0 N–H and O–H groups in total. The first kappa shape index (κ1) is 43.9. The molecule has 316 valence electrons. The average molecular weight is 785 g/mol. The summed E-state index contributed by atoms with van der Waals surface area (Å²) in [4.78, 5) is 0. The molecule has 4 aliphatic rings. The molecule has 6 heteroatoms. The Balaban J connectivity index is 1.46. The summed E-state index contributed by atoms with van der Waals surface area (Å²) in [7, 11) is 0. The largest absolute Gasteiger partial charge is 0.705 e. The third kappa shape index (κ3) is 7.33. The molecule has 0 bridgehead atoms. The summed E-state index contributed by atoms with van der Waals surface area (Å²) < 4.78 is 22.5. The highest BCUT2D eigenvalue weighted by Gasteiger charge is 2.86. The molecule has 0 amide bonds. The van der Waals surface area contributed by atoms with Gasteiger partial charge in [-0.15, -0.1) is 0 Å². The van der Waals surface area contributed by atoms with E-state index in [9.17, 15) is 0 Å². The van der Waals surface area contributed by atoms with Crippen molar-refractivity contribution in [3.05, 3.63) is 58.1 Å². The van der Waals surface area contributed by atoms with Gasteiger partial charge in [-0.2, -0.15) is 0 Å². The molecule has 6 rings (SSSR count). The third-order valence-corrected chi connectivity index (χ3v) is 16.7. The van der Waals surface area contributed by atoms with Crippen molar-refractivity contribution >= 4 is 12.4 Å². The molecule has 0 aromatic heterocycles. The molecule has 6 nitrogen and oxygen atoms in total. The number of hydrogen-bond acceptors (Lipinski definition) is 2. The Morgan fingerprint density at radius 3 is 1.53 bits per heavy atom. The smallest absolute Gasteiger partial charge is 0.341 e. The van der Waals surface area contributed by atoms with E-state index in [-0.39, 0.29) is 27.3 Å². The highest BCUT2D eigenvalue weighted by atomic mass is 16.7. The zero-order valence-electron chi connectivity index (χ0n) is 39.5. The molecule has 0 radical (unpaired) electrons. The molecule has 1 aliphatic carbocycles. The van der Waals surface area contributed by atoms with Crippen molar-refractivity contribution in [1.82, 2.24) is 0 Å². The second kappa shape index (κ2) is 15.4. The fraction of sp³-hybridized carbons (Fsp3) is 0.725. The van der Waals surface area contributed by atoms with Crippen LogP contribution in [0.1, 0.15) is 183 Å². The van der Waals surface area contributed by atoms with Crippen molar-refractivity contribution in [3.63, 3.8) is 0 Å². The topological polar surface area (TPSA) is 24.5 Å². The number of fused-ring (bicyclic) bond motifs is 5. The number of quaternary nitrogens is 2. The van der Waals surface area contributed by atoms with Gasteiger partial charge < -0.3 is 18.4 Å². The molecule has 2 aromatic carbocycles. The molecular weight excluding hydrogens is 701 g/mol. The van der Waals surface area contributed by atoms with Crippen LogP contribution in [0.4, 0.5) is 0 Å². The van der Waals surface area contributed by atoms with Crippen LogP contribution in [0.3, 0.4) is 0 Å². The van der Waals surface area contributed by atoms with Crippen LogP contribution >= 0.6 is 0 Å². The van der Waals surface area contributed by atoms with Gasteiger partial charge in [0.25, 0.3) is 0 Å². The van der Waals surface area contributed by atoms with Crippen LogP contribution in [0.5, 0.6) is 11.5 Å². The standard InChI is InChI=1S/C51H84N4O2/c1-16-54(17-2,18-3)32-24-28-48(13,29-25-33-55(19-4,20-5)21-6)41-26-27-44-39(34-41)37-52-49(14)30-22-23-31-50(49,15)53-38-40-35-42(46(7,8)9)36-43(47(10,11)12)45(40)57-51(52,53)56-44/h26-27,34-38H,16-25,28-33H2,1-15H3/q+4/t49-,50-,51?/m0/s1. The lowest BCUT2D eigenvalue weighted by molar-refractivity contribution is -0.923. The van der Waals surface area contributed by atoms with Gasteiger partial charge in [-0.1, -0.05) is 69.7 Å². The van der Waals surface area contributed by atoms with Gasteiger partial charge in [0, 0.05) is 32.3 Å². The minimum Gasteiger partial charge on any atom is -0.341 e. The van der Waals surface area contributed by atoms with Crippen molar-refractivity contribution in [3.8, 4) is 11.5 Å². The Bertz CT molecular complexity index is 1810. The van der Waals surface area contributed by atoms with Crippen molar-refractivity contribution in [2.24, 2.45) is 0 Å². The zero-order chi connectivity index (χ0) is 41.9. The Kier molecular flexibility index (Phi) is 11.9. The number of ether oxygens (including phenoxy) is 2. The average Bonchev–Trinajstić information content (AvgIpc) is 3.34. The normalized spacial score (nSPS) is 24.6. The highest BCUT2D eigenvalue weighted by Crippen LogP contribution is 2.56. The molecule has 2 aromatic rings. The maximum atomic E-state index is 7.55. The van der Waals surface area contributed by atoms with Crippen LogP contribution in [-0.2, 0) is 16.2 Å². The first-order valence-electron chi connectivity index (χ1n) is 23.4. The minimum atomic E-state index is -1.09. The van der Waals surface area contributed by atoms with E-state index in [0.717, 1.165) is 24.3 Å². The molecule has 2 fully saturated rings. The summed E-state index contributed by atoms with van der Waals surface area (Å²) in [5.74, 6) is 1.89. The Morgan fingerprint density at radius 2 is 1.07 bits per heavy atom. The molecule has 1 unspecified atom stereocenters. The maximum absolute atomic E-state index is 7.55. The summed E-state index contributed by atoms with van der Waals surface area (Å²) in [6.45, 7) is 45.5. The van der Waals surface area contributed by atoms with Crippen LogP contribution in [0, 0.1) is 0 Å². The summed E-state index contributed by atoms with van der Waals surface area (Å²) in [6, 6.07) is 10.9. The summed E-state index contributed by atoms with van der Waals surface area (Å²) >= 11 is 0. The van der Waals surface area contributed by atoms with Crippen molar-refractivity contribution < 1.29 is 27.6 Å². The fourth-order valence-corrected chi connectivity index (χ4v) is 11.5. The van der Waals surface area contributed by atoms with Crippen LogP contribution < -0.4 is 9.47 Å². The first-order chi connectivity index (χ1) is 26.7. The van der Waals surface area contributed by atoms with Gasteiger partial charge in [0.2, 0.25) is 11.1 Å². The molecule has 3 atom stereocenters. The predicted molar refractivity (Wildman–Crippen MR) is 240 cm³/mol. The van der Waals surface area contributed by atoms with E-state index >= 15 is 0 Å². The molecule has 1 saturated heterocycles. The summed E-state index contributed by atoms with van der Waals surface area (Å²) in [5, 5.41) is 0. The van der Waals surface area contributed by atoms with Crippen molar-refractivity contribution in [2.75, 3.05) is 52.4 Å². The van der Waals surface area contributed by atoms with Gasteiger partial charge in [0.1, 0.15) is 0 Å². The Labute approximate surface area is 349 Å². The number of nitrogens with zero attached hydrogens (tertiary/aromatic N) is 4. The zero-order valence-corrected chi connectivity index (χ0v) is 39.5. The SMILES string of the molecule is CC[N+](CC)(CC)CCCC(C)(CCC[N+](CC)(CC)CC)c1ccc2c(c1)C=[N+]1C3(O2)Oc2c(cc(C(C)(C)C)cc2C(C)(C)C)C=[N+]3[C@@]2(C)CCCC[C@]12C. The second-order valence-electron chi connectivity index (χ2n) is 21.5. The highest BCUT2D eigenvalue weighted by molar-refractivity contribution is 5.84. The lowest BCUT2D eigenvalue weighted by atomic mass is 9.69. The first-order valence-corrected chi connectivity index (χ1v) is 23.4. The number of benzene rings is 2. The molecule has 1 spiro atoms. The molecule has 1 saturated carbocycles. The van der Waals surface area contributed by atoms with E-state index in [4.69, 9.17) is 9.47 Å². The van der Waals surface area contributed by atoms with E-state index in [0.29, 0.717) is 0 Å². The van der Waals surface area contributed by atoms with Gasteiger partial charge in [-0.25, -0.2) is 0 Å². The van der Waals surface area contributed by atoms with Gasteiger partial charge in [-0.3, -0.25) is 0 Å². The van der Waals surface area contributed by atoms with E-state index in [2.05, 4.69) is 156 Å². The molecular formula is C51H84N4O2+4. The Morgan fingerprint density at radius 1 is 0.596 bits per heavy atom. The Hall–Kier alpha value is -2.70. The quantitative estimate of drug-likeness (QED) is 0.133. The second-order valence-corrected chi connectivity index (χ2v) is 21.5. The fourth-order valence-electron chi connectivity index (χ4n) is 11.5. The van der Waals surface area contributed by atoms with Gasteiger partial charge in [0.15, 0.2) is 23.9 Å². The van der Waals surface area contributed by atoms with E-state index in [1.54, 1.807) is 0 Å². The van der Waals surface area contributed by atoms with Crippen molar-refractivity contribution in [1.29, 1.82) is 0 Å². The van der Waals surface area contributed by atoms with Gasteiger partial charge in [0.05, 0.1) is 63.5 Å². The molecule has 3 aliphatic heterocycles. The van der Waals surface area contributed by atoms with Gasteiger partial charge in [-0.05, 0) is 126 Å². The molecule has 57 heavy (non-hydrogen) atoms. The number of rotatable bonds is 15. The summed E-state index contributed by atoms with van der Waals surface area (Å²) in [6.07, 6.45) is 14.4. The van der Waals surface area contributed by atoms with Crippen LogP contribution in [-0.4, -0.2) is 100 Å². The molecule has 3 heterocycles. The van der Waals surface area contributed by atoms with E-state index < -0.39 is 6.03 Å².